The van der Waals surface area contributed by atoms with E-state index in [9.17, 15) is 5.26 Å². The zero-order valence-corrected chi connectivity index (χ0v) is 22.0. The summed E-state index contributed by atoms with van der Waals surface area (Å²) in [5.74, 6) is 3.18. The highest BCUT2D eigenvalue weighted by molar-refractivity contribution is 6.34. The summed E-state index contributed by atoms with van der Waals surface area (Å²) < 4.78 is 0. The fourth-order valence-corrected chi connectivity index (χ4v) is 9.36. The Morgan fingerprint density at radius 2 is 1.32 bits per heavy atom. The highest BCUT2D eigenvalue weighted by Crippen LogP contribution is 2.70. The standard InChI is InChI=1S/C35H29ClN2/c36-33-20-29(38(27-6-2-1-3-7-27)28-12-10-22(21-37)11-13-28)19-32-34(33)30-8-4-5-9-31(30)35(32)25-15-23-14-24(17-25)18-26(35)16-23/h1-13,19-20,23-26H,14-18H2. The minimum absolute atomic E-state index is 0.0615. The summed E-state index contributed by atoms with van der Waals surface area (Å²) in [5, 5.41) is 10.2. The van der Waals surface area contributed by atoms with Crippen molar-refractivity contribution in [3.63, 3.8) is 0 Å². The number of fused-ring (bicyclic) bond motifs is 3. The van der Waals surface area contributed by atoms with Crippen molar-refractivity contribution in [3.05, 3.63) is 113 Å². The van der Waals surface area contributed by atoms with Gasteiger partial charge in [-0.15, -0.1) is 0 Å². The summed E-state index contributed by atoms with van der Waals surface area (Å²) in [6.45, 7) is 0. The molecule has 4 saturated carbocycles. The maximum atomic E-state index is 9.39. The van der Waals surface area contributed by atoms with Gasteiger partial charge >= 0.3 is 0 Å². The molecule has 5 aliphatic carbocycles. The lowest BCUT2D eigenvalue weighted by molar-refractivity contribution is -0.0399. The fraction of sp³-hybridized carbons (Fsp3) is 0.286. The SMILES string of the molecule is N#Cc1ccc(N(c2ccccc2)c2cc(Cl)c3c(c2)C2(c4ccccc4-3)C3CC4CC(C3)CC2C4)cc1. The third-order valence-electron chi connectivity index (χ3n) is 10.1. The second kappa shape index (κ2) is 8.23. The van der Waals surface area contributed by atoms with E-state index in [1.54, 1.807) is 0 Å². The average molecular weight is 513 g/mol. The summed E-state index contributed by atoms with van der Waals surface area (Å²) in [5.41, 5.74) is 9.50. The molecule has 186 valence electrons. The van der Waals surface area contributed by atoms with E-state index < -0.39 is 0 Å². The summed E-state index contributed by atoms with van der Waals surface area (Å²) >= 11 is 7.30. The number of rotatable bonds is 3. The van der Waals surface area contributed by atoms with E-state index in [1.165, 1.54) is 54.4 Å². The zero-order chi connectivity index (χ0) is 25.4. The van der Waals surface area contributed by atoms with Crippen molar-refractivity contribution in [2.45, 2.75) is 37.5 Å². The minimum Gasteiger partial charge on any atom is -0.310 e. The fourth-order valence-electron chi connectivity index (χ4n) is 9.04. The number of para-hydroxylation sites is 1. The Morgan fingerprint density at radius 3 is 2.00 bits per heavy atom. The van der Waals surface area contributed by atoms with Crippen LogP contribution in [0.5, 0.6) is 0 Å². The molecule has 0 aliphatic heterocycles. The topological polar surface area (TPSA) is 27.0 Å². The molecule has 4 bridgehead atoms. The summed E-state index contributed by atoms with van der Waals surface area (Å²) in [6.07, 6.45) is 6.83. The quantitative estimate of drug-likeness (QED) is 0.273. The van der Waals surface area contributed by atoms with Crippen molar-refractivity contribution in [2.75, 3.05) is 4.90 Å². The molecule has 0 heterocycles. The summed E-state index contributed by atoms with van der Waals surface area (Å²) in [6, 6.07) is 34.4. The van der Waals surface area contributed by atoms with Gasteiger partial charge in [0.15, 0.2) is 0 Å². The number of nitrogens with zero attached hydrogens (tertiary/aromatic N) is 2. The molecule has 38 heavy (non-hydrogen) atoms. The molecule has 0 saturated heterocycles. The molecule has 4 aromatic rings. The number of benzene rings is 4. The Bertz CT molecular complexity index is 1570. The van der Waals surface area contributed by atoms with Gasteiger partial charge in [-0.05, 0) is 121 Å². The smallest absolute Gasteiger partial charge is 0.0991 e. The molecule has 9 rings (SSSR count). The van der Waals surface area contributed by atoms with Gasteiger partial charge in [0.1, 0.15) is 0 Å². The number of halogens is 1. The van der Waals surface area contributed by atoms with E-state index in [2.05, 4.69) is 77.7 Å². The van der Waals surface area contributed by atoms with Crippen molar-refractivity contribution < 1.29 is 0 Å². The van der Waals surface area contributed by atoms with Crippen LogP contribution < -0.4 is 4.90 Å². The number of hydrogen-bond acceptors (Lipinski definition) is 2. The van der Waals surface area contributed by atoms with Crippen LogP contribution in [0.2, 0.25) is 5.02 Å². The van der Waals surface area contributed by atoms with Crippen LogP contribution in [0.1, 0.15) is 48.8 Å². The third-order valence-corrected chi connectivity index (χ3v) is 10.4. The molecule has 0 N–H and O–H groups in total. The second-order valence-electron chi connectivity index (χ2n) is 11.9. The van der Waals surface area contributed by atoms with E-state index in [-0.39, 0.29) is 5.41 Å². The van der Waals surface area contributed by atoms with Crippen LogP contribution >= 0.6 is 11.6 Å². The third kappa shape index (κ3) is 3.00. The van der Waals surface area contributed by atoms with E-state index in [0.29, 0.717) is 17.4 Å². The highest BCUT2D eigenvalue weighted by Gasteiger charge is 2.61. The minimum atomic E-state index is 0.0615. The predicted molar refractivity (Wildman–Crippen MR) is 154 cm³/mol. The van der Waals surface area contributed by atoms with E-state index in [4.69, 9.17) is 11.6 Å². The average Bonchev–Trinajstić information content (AvgIpc) is 3.24. The largest absolute Gasteiger partial charge is 0.310 e. The Hall–Kier alpha value is -3.54. The van der Waals surface area contributed by atoms with Gasteiger partial charge in [0.05, 0.1) is 16.7 Å². The molecule has 4 aromatic carbocycles. The Labute approximate surface area is 229 Å². The lowest BCUT2D eigenvalue weighted by atomic mass is 9.43. The lowest BCUT2D eigenvalue weighted by Crippen LogP contribution is -2.55. The van der Waals surface area contributed by atoms with Crippen LogP contribution in [0.15, 0.2) is 91.0 Å². The van der Waals surface area contributed by atoms with Crippen molar-refractivity contribution in [1.29, 1.82) is 5.26 Å². The van der Waals surface area contributed by atoms with Gasteiger partial charge in [-0.25, -0.2) is 0 Å². The maximum Gasteiger partial charge on any atom is 0.0991 e. The highest BCUT2D eigenvalue weighted by atomic mass is 35.5. The summed E-state index contributed by atoms with van der Waals surface area (Å²) in [4.78, 5) is 2.29. The molecule has 0 atom stereocenters. The molecule has 4 fully saturated rings. The van der Waals surface area contributed by atoms with Crippen LogP contribution in [0.25, 0.3) is 11.1 Å². The van der Waals surface area contributed by atoms with Gasteiger partial charge in [0, 0.05) is 28.0 Å². The second-order valence-corrected chi connectivity index (χ2v) is 12.3. The first kappa shape index (κ1) is 22.4. The molecule has 1 spiro atoms. The Kier molecular flexibility index (Phi) is 4.86. The molecule has 2 nitrogen and oxygen atoms in total. The van der Waals surface area contributed by atoms with Gasteiger partial charge in [0.25, 0.3) is 0 Å². The predicted octanol–water partition coefficient (Wildman–Crippen LogP) is 9.40. The van der Waals surface area contributed by atoms with Gasteiger partial charge in [-0.1, -0.05) is 54.1 Å². The Balaban J connectivity index is 1.37. The van der Waals surface area contributed by atoms with E-state index in [1.807, 2.05) is 24.3 Å². The van der Waals surface area contributed by atoms with Crippen LogP contribution in [0.3, 0.4) is 0 Å². The van der Waals surface area contributed by atoms with Crippen molar-refractivity contribution in [3.8, 4) is 17.2 Å². The van der Waals surface area contributed by atoms with E-state index >= 15 is 0 Å². The molecule has 0 unspecified atom stereocenters. The molecule has 0 radical (unpaired) electrons. The molecule has 0 aromatic heterocycles. The van der Waals surface area contributed by atoms with Gasteiger partial charge in [-0.2, -0.15) is 5.26 Å². The first-order valence-corrected chi connectivity index (χ1v) is 14.3. The first-order chi connectivity index (χ1) is 18.7. The monoisotopic (exact) mass is 512 g/mol. The first-order valence-electron chi connectivity index (χ1n) is 14.0. The number of nitriles is 1. The normalized spacial score (nSPS) is 27.7. The summed E-state index contributed by atoms with van der Waals surface area (Å²) in [7, 11) is 0. The van der Waals surface area contributed by atoms with Crippen LogP contribution in [0.4, 0.5) is 17.1 Å². The molecular weight excluding hydrogens is 484 g/mol. The molecule has 5 aliphatic rings. The van der Waals surface area contributed by atoms with Gasteiger partial charge < -0.3 is 4.90 Å². The van der Waals surface area contributed by atoms with Crippen molar-refractivity contribution in [1.82, 2.24) is 0 Å². The molecule has 0 amide bonds. The lowest BCUT2D eigenvalue weighted by Gasteiger charge is -2.61. The van der Waals surface area contributed by atoms with Gasteiger partial charge in [-0.3, -0.25) is 0 Å². The maximum absolute atomic E-state index is 9.39. The van der Waals surface area contributed by atoms with Crippen molar-refractivity contribution in [2.24, 2.45) is 23.7 Å². The van der Waals surface area contributed by atoms with Crippen LogP contribution in [0, 0.1) is 35.0 Å². The van der Waals surface area contributed by atoms with E-state index in [0.717, 1.165) is 33.9 Å². The number of hydrogen-bond donors (Lipinski definition) is 0. The zero-order valence-electron chi connectivity index (χ0n) is 21.3. The Morgan fingerprint density at radius 1 is 0.684 bits per heavy atom. The molecular formula is C35H29ClN2. The number of anilines is 3. The van der Waals surface area contributed by atoms with Gasteiger partial charge in [0.2, 0.25) is 0 Å². The van der Waals surface area contributed by atoms with Crippen molar-refractivity contribution >= 4 is 28.7 Å². The molecule has 3 heteroatoms. The van der Waals surface area contributed by atoms with Crippen LogP contribution in [-0.2, 0) is 5.41 Å². The van der Waals surface area contributed by atoms with Crippen LogP contribution in [-0.4, -0.2) is 0 Å².